The first-order chi connectivity index (χ1) is 13.8. The van der Waals surface area contributed by atoms with Crippen LogP contribution in [0.5, 0.6) is 0 Å². The van der Waals surface area contributed by atoms with E-state index in [0.717, 1.165) is 16.7 Å². The quantitative estimate of drug-likeness (QED) is 0.436. The fourth-order valence-corrected chi connectivity index (χ4v) is 4.08. The highest BCUT2D eigenvalue weighted by atomic mass is 16.3. The second-order valence-corrected chi connectivity index (χ2v) is 7.21. The third-order valence-corrected chi connectivity index (χ3v) is 5.39. The maximum absolute atomic E-state index is 10.8. The van der Waals surface area contributed by atoms with Crippen molar-refractivity contribution in [3.63, 3.8) is 0 Å². The topological polar surface area (TPSA) is 37.2 Å². The fraction of sp³-hybridized carbons (Fsp3) is 0.120. The first kappa shape index (κ1) is 16.8. The summed E-state index contributed by atoms with van der Waals surface area (Å²) in [4.78, 5) is 0. The standard InChI is InChI=1S/C25H22N2O/c28-19(16-26-23-13-7-9-18-8-1-2-10-20(18)23)17-27-24-14-5-3-11-21(24)22-12-4-6-15-25(22)27/h1-15,19,26,28H,16-17H2/t19-/m0/s1. The number of aliphatic hydroxyl groups is 1. The van der Waals surface area contributed by atoms with E-state index in [1.807, 2.05) is 18.2 Å². The van der Waals surface area contributed by atoms with E-state index in [9.17, 15) is 5.11 Å². The van der Waals surface area contributed by atoms with E-state index in [1.165, 1.54) is 21.5 Å². The summed E-state index contributed by atoms with van der Waals surface area (Å²) >= 11 is 0. The predicted molar refractivity (Wildman–Crippen MR) is 118 cm³/mol. The molecule has 0 aliphatic heterocycles. The van der Waals surface area contributed by atoms with Gasteiger partial charge in [-0.2, -0.15) is 0 Å². The number of anilines is 1. The van der Waals surface area contributed by atoms with E-state index < -0.39 is 6.10 Å². The molecule has 0 fully saturated rings. The summed E-state index contributed by atoms with van der Waals surface area (Å²) in [5.41, 5.74) is 3.38. The van der Waals surface area contributed by atoms with Crippen LogP contribution in [0.25, 0.3) is 32.6 Å². The highest BCUT2D eigenvalue weighted by Gasteiger charge is 2.13. The van der Waals surface area contributed by atoms with Crippen molar-refractivity contribution < 1.29 is 5.11 Å². The Morgan fingerprint density at radius 3 is 1.96 bits per heavy atom. The lowest BCUT2D eigenvalue weighted by Crippen LogP contribution is -2.24. The number of hydrogen-bond donors (Lipinski definition) is 2. The van der Waals surface area contributed by atoms with Crippen LogP contribution in [0.4, 0.5) is 5.69 Å². The lowest BCUT2D eigenvalue weighted by Gasteiger charge is -2.16. The normalized spacial score (nSPS) is 12.6. The summed E-state index contributed by atoms with van der Waals surface area (Å²) in [6.07, 6.45) is -0.502. The maximum Gasteiger partial charge on any atom is 0.0891 e. The van der Waals surface area contributed by atoms with Crippen LogP contribution in [0.1, 0.15) is 0 Å². The van der Waals surface area contributed by atoms with Crippen LogP contribution in [0, 0.1) is 0 Å². The van der Waals surface area contributed by atoms with Crippen LogP contribution in [0.2, 0.25) is 0 Å². The zero-order chi connectivity index (χ0) is 18.9. The van der Waals surface area contributed by atoms with Crippen molar-refractivity contribution in [2.75, 3.05) is 11.9 Å². The third-order valence-electron chi connectivity index (χ3n) is 5.39. The molecular formula is C25H22N2O. The van der Waals surface area contributed by atoms with E-state index in [4.69, 9.17) is 0 Å². The lowest BCUT2D eigenvalue weighted by molar-refractivity contribution is 0.169. The molecule has 5 aromatic rings. The molecule has 0 saturated carbocycles. The van der Waals surface area contributed by atoms with Gasteiger partial charge in [0.2, 0.25) is 0 Å². The first-order valence-corrected chi connectivity index (χ1v) is 9.67. The van der Waals surface area contributed by atoms with Gasteiger partial charge in [-0.25, -0.2) is 0 Å². The third kappa shape index (κ3) is 2.90. The highest BCUT2D eigenvalue weighted by Crippen LogP contribution is 2.29. The van der Waals surface area contributed by atoms with E-state index in [-0.39, 0.29) is 0 Å². The molecule has 4 aromatic carbocycles. The number of nitrogens with one attached hydrogen (secondary N) is 1. The van der Waals surface area contributed by atoms with E-state index in [0.29, 0.717) is 13.1 Å². The average Bonchev–Trinajstić information content (AvgIpc) is 3.06. The van der Waals surface area contributed by atoms with Gasteiger partial charge < -0.3 is 15.0 Å². The molecule has 0 spiro atoms. The molecule has 28 heavy (non-hydrogen) atoms. The van der Waals surface area contributed by atoms with Crippen molar-refractivity contribution in [3.8, 4) is 0 Å². The Balaban J connectivity index is 1.42. The van der Waals surface area contributed by atoms with E-state index in [2.05, 4.69) is 82.7 Å². The second kappa shape index (κ2) is 7.02. The van der Waals surface area contributed by atoms with Crippen molar-refractivity contribution in [3.05, 3.63) is 91.0 Å². The zero-order valence-electron chi connectivity index (χ0n) is 15.5. The first-order valence-electron chi connectivity index (χ1n) is 9.67. The summed E-state index contributed by atoms with van der Waals surface area (Å²) in [6, 6.07) is 31.3. The van der Waals surface area contributed by atoms with Crippen LogP contribution in [-0.4, -0.2) is 22.3 Å². The highest BCUT2D eigenvalue weighted by molar-refractivity contribution is 6.08. The molecule has 138 valence electrons. The monoisotopic (exact) mass is 366 g/mol. The Labute approximate surface area is 163 Å². The number of hydrogen-bond acceptors (Lipinski definition) is 2. The summed E-state index contributed by atoms with van der Waals surface area (Å²) in [5, 5.41) is 19.1. The maximum atomic E-state index is 10.8. The van der Waals surface area contributed by atoms with Crippen molar-refractivity contribution in [1.82, 2.24) is 4.57 Å². The van der Waals surface area contributed by atoms with E-state index >= 15 is 0 Å². The molecule has 1 heterocycles. The minimum atomic E-state index is -0.502. The number of benzene rings is 4. The van der Waals surface area contributed by atoms with Gasteiger partial charge in [-0.15, -0.1) is 0 Å². The van der Waals surface area contributed by atoms with Crippen LogP contribution < -0.4 is 5.32 Å². The van der Waals surface area contributed by atoms with Crippen molar-refractivity contribution in [2.24, 2.45) is 0 Å². The van der Waals surface area contributed by atoms with Gasteiger partial charge in [-0.1, -0.05) is 72.8 Å². The lowest BCUT2D eigenvalue weighted by atomic mass is 10.1. The summed E-state index contributed by atoms with van der Waals surface area (Å²) < 4.78 is 2.22. The van der Waals surface area contributed by atoms with Crippen LogP contribution >= 0.6 is 0 Å². The SMILES string of the molecule is O[C@@H](CNc1cccc2ccccc12)Cn1c2ccccc2c2ccccc21. The number of aromatic nitrogens is 1. The summed E-state index contributed by atoms with van der Waals surface area (Å²) in [7, 11) is 0. The summed E-state index contributed by atoms with van der Waals surface area (Å²) in [6.45, 7) is 1.04. The molecule has 1 atom stereocenters. The minimum Gasteiger partial charge on any atom is -0.389 e. The molecule has 0 radical (unpaired) electrons. The summed E-state index contributed by atoms with van der Waals surface area (Å²) in [5.74, 6) is 0. The smallest absolute Gasteiger partial charge is 0.0891 e. The Morgan fingerprint density at radius 1 is 0.679 bits per heavy atom. The van der Waals surface area contributed by atoms with Gasteiger partial charge in [0, 0.05) is 39.4 Å². The molecule has 5 rings (SSSR count). The predicted octanol–water partition coefficient (Wildman–Crippen LogP) is 5.42. The molecule has 0 aliphatic carbocycles. The number of rotatable bonds is 5. The van der Waals surface area contributed by atoms with Gasteiger partial charge in [-0.3, -0.25) is 0 Å². The molecule has 0 saturated heterocycles. The Hall–Kier alpha value is -3.30. The largest absolute Gasteiger partial charge is 0.389 e. The number of nitrogens with zero attached hydrogens (tertiary/aromatic N) is 1. The molecule has 0 amide bonds. The van der Waals surface area contributed by atoms with Crippen LogP contribution in [0.3, 0.4) is 0 Å². The molecular weight excluding hydrogens is 344 g/mol. The zero-order valence-corrected chi connectivity index (χ0v) is 15.5. The van der Waals surface area contributed by atoms with Crippen LogP contribution in [0.15, 0.2) is 91.0 Å². The van der Waals surface area contributed by atoms with Gasteiger partial charge in [0.25, 0.3) is 0 Å². The minimum absolute atomic E-state index is 0.495. The molecule has 0 aliphatic rings. The van der Waals surface area contributed by atoms with Gasteiger partial charge in [0.05, 0.1) is 12.6 Å². The van der Waals surface area contributed by atoms with Gasteiger partial charge in [0.1, 0.15) is 0 Å². The Kier molecular flexibility index (Phi) is 4.22. The van der Waals surface area contributed by atoms with Crippen molar-refractivity contribution >= 4 is 38.3 Å². The van der Waals surface area contributed by atoms with Gasteiger partial charge in [0.15, 0.2) is 0 Å². The molecule has 0 unspecified atom stereocenters. The molecule has 1 aromatic heterocycles. The Morgan fingerprint density at radius 2 is 1.25 bits per heavy atom. The van der Waals surface area contributed by atoms with Crippen molar-refractivity contribution in [1.29, 1.82) is 0 Å². The molecule has 0 bridgehead atoms. The second-order valence-electron chi connectivity index (χ2n) is 7.21. The number of fused-ring (bicyclic) bond motifs is 4. The fourth-order valence-electron chi connectivity index (χ4n) is 4.08. The van der Waals surface area contributed by atoms with Crippen LogP contribution in [-0.2, 0) is 6.54 Å². The average molecular weight is 366 g/mol. The number of para-hydroxylation sites is 2. The Bertz CT molecular complexity index is 1210. The number of aliphatic hydroxyl groups excluding tert-OH is 1. The molecule has 3 nitrogen and oxygen atoms in total. The van der Waals surface area contributed by atoms with Gasteiger partial charge in [-0.05, 0) is 23.6 Å². The molecule has 2 N–H and O–H groups in total. The van der Waals surface area contributed by atoms with Gasteiger partial charge >= 0.3 is 0 Å². The van der Waals surface area contributed by atoms with E-state index in [1.54, 1.807) is 0 Å². The van der Waals surface area contributed by atoms with Crippen molar-refractivity contribution in [2.45, 2.75) is 12.6 Å². The molecule has 3 heteroatoms.